The summed E-state index contributed by atoms with van der Waals surface area (Å²) in [6.07, 6.45) is 0.126. The van der Waals surface area contributed by atoms with Gasteiger partial charge in [0.15, 0.2) is 0 Å². The van der Waals surface area contributed by atoms with E-state index in [1.807, 2.05) is 29.8 Å². The molecule has 39 heavy (non-hydrogen) atoms. The fourth-order valence-corrected chi connectivity index (χ4v) is 5.39. The smallest absolute Gasteiger partial charge is 0.384 e. The van der Waals surface area contributed by atoms with E-state index in [9.17, 15) is 18.0 Å². The van der Waals surface area contributed by atoms with Crippen LogP contribution in [-0.2, 0) is 19.8 Å². The number of alkyl halides is 3. The topological polar surface area (TPSA) is 80.3 Å². The Hall–Kier alpha value is -3.92. The lowest BCUT2D eigenvalue weighted by molar-refractivity contribution is -0.137. The van der Waals surface area contributed by atoms with Crippen LogP contribution >= 0.6 is 0 Å². The van der Waals surface area contributed by atoms with Gasteiger partial charge in [-0.3, -0.25) is 9.69 Å². The Bertz CT molecular complexity index is 1500. The monoisotopic (exact) mass is 536 g/mol. The Morgan fingerprint density at radius 2 is 1.74 bits per heavy atom. The van der Waals surface area contributed by atoms with E-state index in [4.69, 9.17) is 5.73 Å². The zero-order valence-corrected chi connectivity index (χ0v) is 22.2. The van der Waals surface area contributed by atoms with Crippen LogP contribution in [0.15, 0.2) is 54.9 Å². The first-order valence-electron chi connectivity index (χ1n) is 12.8. The number of pyridine rings is 2. The molecular weight excluding hydrogens is 505 g/mol. The van der Waals surface area contributed by atoms with Crippen molar-refractivity contribution >= 4 is 22.8 Å². The Morgan fingerprint density at radius 3 is 2.38 bits per heavy atom. The number of fused-ring (bicyclic) bond motifs is 1. The minimum absolute atomic E-state index is 0.00809. The van der Waals surface area contributed by atoms with Gasteiger partial charge in [-0.2, -0.15) is 13.2 Å². The van der Waals surface area contributed by atoms with Crippen LogP contribution in [0.1, 0.15) is 45.9 Å². The summed E-state index contributed by atoms with van der Waals surface area (Å²) < 4.78 is 43.4. The van der Waals surface area contributed by atoms with Crippen molar-refractivity contribution in [3.8, 4) is 11.1 Å². The molecule has 7 nitrogen and oxygen atoms in total. The molecule has 1 aliphatic rings. The molecule has 204 valence electrons. The molecule has 1 amide bonds. The van der Waals surface area contributed by atoms with Gasteiger partial charge in [0, 0.05) is 62.3 Å². The summed E-state index contributed by atoms with van der Waals surface area (Å²) in [5.41, 5.74) is 8.70. The van der Waals surface area contributed by atoms with Gasteiger partial charge >= 0.3 is 6.18 Å². The number of anilines is 1. The van der Waals surface area contributed by atoms with Gasteiger partial charge in [-0.1, -0.05) is 12.1 Å². The van der Waals surface area contributed by atoms with Crippen molar-refractivity contribution in [1.82, 2.24) is 24.3 Å². The third kappa shape index (κ3) is 5.34. The third-order valence-electron chi connectivity index (χ3n) is 7.56. The van der Waals surface area contributed by atoms with Gasteiger partial charge in [0.25, 0.3) is 5.91 Å². The predicted molar refractivity (Wildman–Crippen MR) is 145 cm³/mol. The van der Waals surface area contributed by atoms with Gasteiger partial charge in [-0.15, -0.1) is 0 Å². The summed E-state index contributed by atoms with van der Waals surface area (Å²) in [6.45, 7) is 2.46. The fraction of sp³-hybridized carbons (Fsp3) is 0.345. The van der Waals surface area contributed by atoms with E-state index in [-0.39, 0.29) is 17.3 Å². The summed E-state index contributed by atoms with van der Waals surface area (Å²) in [7, 11) is 5.38. The van der Waals surface area contributed by atoms with Crippen molar-refractivity contribution in [2.75, 3.05) is 32.9 Å². The van der Waals surface area contributed by atoms with Crippen LogP contribution in [0.5, 0.6) is 0 Å². The van der Waals surface area contributed by atoms with Gasteiger partial charge in [-0.25, -0.2) is 9.97 Å². The van der Waals surface area contributed by atoms with E-state index in [0.717, 1.165) is 37.7 Å². The molecule has 1 aromatic carbocycles. The molecule has 0 bridgehead atoms. The van der Waals surface area contributed by atoms with E-state index in [1.54, 1.807) is 25.1 Å². The maximum atomic E-state index is 13.8. The Balaban J connectivity index is 1.34. The number of nitrogens with zero attached hydrogens (tertiary/aromatic N) is 5. The van der Waals surface area contributed by atoms with Crippen LogP contribution < -0.4 is 5.73 Å². The number of carbonyl (C=O) groups excluding carboxylic acids is 1. The second-order valence-electron chi connectivity index (χ2n) is 10.3. The zero-order valence-electron chi connectivity index (χ0n) is 22.2. The Labute approximate surface area is 225 Å². The number of piperidine rings is 1. The maximum absolute atomic E-state index is 13.8. The molecule has 4 heterocycles. The highest BCUT2D eigenvalue weighted by Crippen LogP contribution is 2.40. The van der Waals surface area contributed by atoms with Crippen molar-refractivity contribution in [1.29, 1.82) is 0 Å². The first-order valence-corrected chi connectivity index (χ1v) is 12.8. The normalized spacial score (nSPS) is 15.1. The van der Waals surface area contributed by atoms with E-state index in [2.05, 4.69) is 27.0 Å². The number of nitrogen functional groups attached to an aromatic ring is 1. The van der Waals surface area contributed by atoms with Gasteiger partial charge < -0.3 is 15.2 Å². The molecule has 0 atom stereocenters. The number of amides is 1. The van der Waals surface area contributed by atoms with Crippen molar-refractivity contribution in [2.45, 2.75) is 31.5 Å². The first kappa shape index (κ1) is 26.7. The zero-order chi connectivity index (χ0) is 27.9. The maximum Gasteiger partial charge on any atom is 0.417 e. The standard InChI is InChI=1S/C29H31F3N6O/c1-36(2)28(39)20-6-4-18(5-7-20)19-9-12-38(13-10-19)17-21-14-23-22(8-11-34-27(23)37(21)3)24-16-35-26(33)15-25(24)29(30,31)32/h4-8,11,14-16,19H,9-10,12-13,17H2,1-3H3,(H2,33,35). The number of aromatic nitrogens is 3. The highest BCUT2D eigenvalue weighted by Gasteiger charge is 2.35. The van der Waals surface area contributed by atoms with Crippen molar-refractivity contribution in [2.24, 2.45) is 7.05 Å². The lowest BCUT2D eigenvalue weighted by Crippen LogP contribution is -2.33. The fourth-order valence-electron chi connectivity index (χ4n) is 5.39. The second kappa shape index (κ2) is 10.3. The van der Waals surface area contributed by atoms with Gasteiger partial charge in [0.2, 0.25) is 0 Å². The van der Waals surface area contributed by atoms with Crippen LogP contribution in [0.3, 0.4) is 0 Å². The molecule has 10 heteroatoms. The molecular formula is C29H31F3N6O. The Morgan fingerprint density at radius 1 is 1.05 bits per heavy atom. The molecule has 0 aliphatic carbocycles. The van der Waals surface area contributed by atoms with Gasteiger partial charge in [0.05, 0.1) is 5.56 Å². The molecule has 1 saturated heterocycles. The highest BCUT2D eigenvalue weighted by molar-refractivity contribution is 5.95. The number of benzene rings is 1. The summed E-state index contributed by atoms with van der Waals surface area (Å²) in [5, 5.41) is 0.648. The van der Waals surface area contributed by atoms with Crippen molar-refractivity contribution < 1.29 is 18.0 Å². The lowest BCUT2D eigenvalue weighted by Gasteiger charge is -2.32. The Kier molecular flexibility index (Phi) is 7.07. The molecule has 1 fully saturated rings. The molecule has 3 aromatic heterocycles. The van der Waals surface area contributed by atoms with Crippen molar-refractivity contribution in [3.63, 3.8) is 0 Å². The minimum atomic E-state index is -4.56. The number of halogens is 3. The molecule has 0 saturated carbocycles. The number of hydrogen-bond donors (Lipinski definition) is 1. The van der Waals surface area contributed by atoms with Gasteiger partial charge in [-0.05, 0) is 73.3 Å². The largest absolute Gasteiger partial charge is 0.417 e. The average molecular weight is 537 g/mol. The van der Waals surface area contributed by atoms with E-state index < -0.39 is 11.7 Å². The lowest BCUT2D eigenvalue weighted by atomic mass is 9.89. The highest BCUT2D eigenvalue weighted by atomic mass is 19.4. The molecule has 1 aliphatic heterocycles. The minimum Gasteiger partial charge on any atom is -0.384 e. The first-order chi connectivity index (χ1) is 18.5. The van der Waals surface area contributed by atoms with Crippen molar-refractivity contribution in [3.05, 3.63) is 77.2 Å². The van der Waals surface area contributed by atoms with Crippen LogP contribution in [-0.4, -0.2) is 57.4 Å². The summed E-state index contributed by atoms with van der Waals surface area (Å²) >= 11 is 0. The van der Waals surface area contributed by atoms with Crippen LogP contribution in [0.2, 0.25) is 0 Å². The SMILES string of the molecule is CN(C)C(=O)c1ccc(C2CCN(Cc3cc4c(-c5cnc(N)cc5C(F)(F)F)ccnc4n3C)CC2)cc1. The number of hydrogen-bond acceptors (Lipinski definition) is 5. The van der Waals surface area contributed by atoms with E-state index in [0.29, 0.717) is 34.6 Å². The second-order valence-corrected chi connectivity index (χ2v) is 10.3. The number of likely N-dealkylation sites (tertiary alicyclic amines) is 1. The number of rotatable bonds is 5. The molecule has 5 rings (SSSR count). The average Bonchev–Trinajstić information content (AvgIpc) is 3.23. The predicted octanol–water partition coefficient (Wildman–Crippen LogP) is 5.32. The molecule has 2 N–H and O–H groups in total. The summed E-state index contributed by atoms with van der Waals surface area (Å²) in [5.74, 6) is 0.238. The number of nitrogens with two attached hydrogens (primary N) is 1. The molecule has 0 spiro atoms. The van der Waals surface area contributed by atoms with Crippen LogP contribution in [0.25, 0.3) is 22.2 Å². The third-order valence-corrected chi connectivity index (χ3v) is 7.56. The quantitative estimate of drug-likeness (QED) is 0.374. The van der Waals surface area contributed by atoms with E-state index in [1.165, 1.54) is 18.0 Å². The number of aryl methyl sites for hydroxylation is 1. The van der Waals surface area contributed by atoms with E-state index >= 15 is 0 Å². The van der Waals surface area contributed by atoms with Gasteiger partial charge in [0.1, 0.15) is 11.5 Å². The summed E-state index contributed by atoms with van der Waals surface area (Å²) in [6, 6.07) is 12.3. The molecule has 0 radical (unpaired) electrons. The molecule has 4 aromatic rings. The van der Waals surface area contributed by atoms with Crippen LogP contribution in [0, 0.1) is 0 Å². The number of carbonyl (C=O) groups is 1. The molecule has 0 unspecified atom stereocenters. The summed E-state index contributed by atoms with van der Waals surface area (Å²) in [4.78, 5) is 24.5. The van der Waals surface area contributed by atoms with Crippen LogP contribution in [0.4, 0.5) is 19.0 Å².